The molecule has 20 heavy (non-hydrogen) atoms. The van der Waals surface area contributed by atoms with Gasteiger partial charge >= 0.3 is 0 Å². The summed E-state index contributed by atoms with van der Waals surface area (Å²) in [5.74, 6) is -0.0756. The number of benzene rings is 1. The Balaban J connectivity index is 1.73. The second kappa shape index (κ2) is 5.54. The Morgan fingerprint density at radius 1 is 1.25 bits per heavy atom. The number of hydrogen-bond acceptors (Lipinski definition) is 4. The molecule has 0 atom stereocenters. The first-order valence-corrected chi connectivity index (χ1v) is 6.82. The van der Waals surface area contributed by atoms with E-state index in [4.69, 9.17) is 0 Å². The third kappa shape index (κ3) is 2.49. The smallest absolute Gasteiger partial charge is 0.186 e. The van der Waals surface area contributed by atoms with Crippen LogP contribution in [0.15, 0.2) is 24.5 Å². The van der Waals surface area contributed by atoms with Gasteiger partial charge in [0.05, 0.1) is 5.69 Å². The molecule has 1 aliphatic heterocycles. The molecule has 0 fully saturated rings. The maximum Gasteiger partial charge on any atom is 0.186 e. The van der Waals surface area contributed by atoms with Crippen molar-refractivity contribution in [3.63, 3.8) is 0 Å². The number of anilines is 1. The fourth-order valence-corrected chi connectivity index (χ4v) is 2.42. The Bertz CT molecular complexity index is 627. The highest BCUT2D eigenvalue weighted by atomic mass is 19.1. The summed E-state index contributed by atoms with van der Waals surface area (Å²) < 4.78 is 14.0. The second-order valence-corrected chi connectivity index (χ2v) is 4.90. The van der Waals surface area contributed by atoms with Gasteiger partial charge in [0.25, 0.3) is 0 Å². The van der Waals surface area contributed by atoms with Crippen molar-refractivity contribution in [3.8, 4) is 0 Å². The lowest BCUT2D eigenvalue weighted by molar-refractivity contribution is 0.596. The van der Waals surface area contributed by atoms with E-state index in [1.165, 1.54) is 17.5 Å². The molecule has 0 aliphatic carbocycles. The van der Waals surface area contributed by atoms with Gasteiger partial charge in [0.15, 0.2) is 11.6 Å². The molecule has 0 spiro atoms. The average molecular weight is 272 g/mol. The summed E-state index contributed by atoms with van der Waals surface area (Å²) >= 11 is 0. The van der Waals surface area contributed by atoms with Gasteiger partial charge in [-0.05, 0) is 23.1 Å². The predicted octanol–water partition coefficient (Wildman–Crippen LogP) is 2.39. The molecule has 0 unspecified atom stereocenters. The van der Waals surface area contributed by atoms with E-state index in [-0.39, 0.29) is 11.6 Å². The van der Waals surface area contributed by atoms with Crippen molar-refractivity contribution in [2.45, 2.75) is 33.0 Å². The Hall–Kier alpha value is -2.01. The van der Waals surface area contributed by atoms with Crippen molar-refractivity contribution < 1.29 is 4.39 Å². The molecule has 3 rings (SSSR count). The van der Waals surface area contributed by atoms with Gasteiger partial charge in [-0.1, -0.05) is 25.1 Å². The largest absolute Gasteiger partial charge is 0.363 e. The molecule has 5 heteroatoms. The van der Waals surface area contributed by atoms with Crippen LogP contribution in [0.4, 0.5) is 10.2 Å². The van der Waals surface area contributed by atoms with Gasteiger partial charge in [-0.15, -0.1) is 0 Å². The summed E-state index contributed by atoms with van der Waals surface area (Å²) in [7, 11) is 0. The van der Waals surface area contributed by atoms with Gasteiger partial charge in [-0.2, -0.15) is 0 Å². The zero-order valence-corrected chi connectivity index (χ0v) is 11.4. The van der Waals surface area contributed by atoms with Gasteiger partial charge in [0.2, 0.25) is 0 Å². The molecular weight excluding hydrogens is 255 g/mol. The minimum absolute atomic E-state index is 0.274. The van der Waals surface area contributed by atoms with E-state index in [1.807, 2.05) is 6.92 Å². The van der Waals surface area contributed by atoms with Crippen LogP contribution in [0, 0.1) is 5.82 Å². The van der Waals surface area contributed by atoms with Crippen LogP contribution in [-0.2, 0) is 26.1 Å². The molecule has 0 radical (unpaired) electrons. The molecule has 0 saturated carbocycles. The molecular formula is C15H17FN4. The summed E-state index contributed by atoms with van der Waals surface area (Å²) in [5, 5.41) is 6.36. The molecule has 1 aromatic heterocycles. The first-order chi connectivity index (χ1) is 9.78. The van der Waals surface area contributed by atoms with Crippen molar-refractivity contribution in [2.24, 2.45) is 0 Å². The molecule has 2 N–H and O–H groups in total. The van der Waals surface area contributed by atoms with Crippen LogP contribution in [0.25, 0.3) is 0 Å². The van der Waals surface area contributed by atoms with E-state index in [1.54, 1.807) is 0 Å². The van der Waals surface area contributed by atoms with Crippen LogP contribution >= 0.6 is 0 Å². The van der Waals surface area contributed by atoms with Crippen LogP contribution in [0.2, 0.25) is 0 Å². The van der Waals surface area contributed by atoms with E-state index in [0.29, 0.717) is 18.7 Å². The molecule has 1 aliphatic rings. The SMILES string of the molecule is CCc1ncnc(NCc2ccc3c(c2)CNC3)c1F. The molecule has 0 bridgehead atoms. The van der Waals surface area contributed by atoms with E-state index in [2.05, 4.69) is 38.8 Å². The fraction of sp³-hybridized carbons (Fsp3) is 0.333. The van der Waals surface area contributed by atoms with E-state index in [9.17, 15) is 4.39 Å². The average Bonchev–Trinajstić information content (AvgIpc) is 2.93. The monoisotopic (exact) mass is 272 g/mol. The van der Waals surface area contributed by atoms with E-state index >= 15 is 0 Å². The number of halogens is 1. The number of nitrogens with zero attached hydrogens (tertiary/aromatic N) is 2. The van der Waals surface area contributed by atoms with Crippen LogP contribution in [0.3, 0.4) is 0 Å². The molecule has 0 amide bonds. The predicted molar refractivity (Wildman–Crippen MR) is 75.7 cm³/mol. The maximum absolute atomic E-state index is 14.0. The number of fused-ring (bicyclic) bond motifs is 1. The molecule has 0 saturated heterocycles. The van der Waals surface area contributed by atoms with Gasteiger partial charge in [-0.25, -0.2) is 14.4 Å². The number of nitrogens with one attached hydrogen (secondary N) is 2. The zero-order chi connectivity index (χ0) is 13.9. The van der Waals surface area contributed by atoms with Gasteiger partial charge in [0, 0.05) is 19.6 Å². The molecule has 2 heterocycles. The van der Waals surface area contributed by atoms with Crippen LogP contribution in [-0.4, -0.2) is 9.97 Å². The van der Waals surface area contributed by atoms with Crippen LogP contribution < -0.4 is 10.6 Å². The lowest BCUT2D eigenvalue weighted by Gasteiger charge is -2.09. The Morgan fingerprint density at radius 3 is 2.95 bits per heavy atom. The van der Waals surface area contributed by atoms with Gasteiger partial charge in [0.1, 0.15) is 6.33 Å². The topological polar surface area (TPSA) is 49.8 Å². The summed E-state index contributed by atoms with van der Waals surface area (Å²) in [4.78, 5) is 7.89. The molecule has 1 aromatic carbocycles. The van der Waals surface area contributed by atoms with Gasteiger partial charge < -0.3 is 10.6 Å². The zero-order valence-electron chi connectivity index (χ0n) is 11.4. The number of aromatic nitrogens is 2. The van der Waals surface area contributed by atoms with E-state index in [0.717, 1.165) is 18.7 Å². The summed E-state index contributed by atoms with van der Waals surface area (Å²) in [6, 6.07) is 6.35. The van der Waals surface area contributed by atoms with Crippen molar-refractivity contribution in [2.75, 3.05) is 5.32 Å². The van der Waals surface area contributed by atoms with Crippen molar-refractivity contribution in [1.29, 1.82) is 0 Å². The van der Waals surface area contributed by atoms with Crippen molar-refractivity contribution in [3.05, 3.63) is 52.7 Å². The lowest BCUT2D eigenvalue weighted by Crippen LogP contribution is -2.07. The highest BCUT2D eigenvalue weighted by Crippen LogP contribution is 2.19. The van der Waals surface area contributed by atoms with Crippen molar-refractivity contribution in [1.82, 2.24) is 15.3 Å². The minimum Gasteiger partial charge on any atom is -0.363 e. The molecule has 4 nitrogen and oxygen atoms in total. The van der Waals surface area contributed by atoms with Gasteiger partial charge in [-0.3, -0.25) is 0 Å². The number of rotatable bonds is 4. The second-order valence-electron chi connectivity index (χ2n) is 4.90. The minimum atomic E-state index is -0.349. The standard InChI is InChI=1S/C15H17FN4/c1-2-13-14(16)15(20-9-19-13)18-6-10-3-4-11-7-17-8-12(11)5-10/h3-5,9,17H,2,6-8H2,1H3,(H,18,19,20). The Morgan fingerprint density at radius 2 is 2.10 bits per heavy atom. The quantitative estimate of drug-likeness (QED) is 0.897. The number of hydrogen-bond donors (Lipinski definition) is 2. The summed E-state index contributed by atoms with van der Waals surface area (Å²) in [6.07, 6.45) is 1.96. The maximum atomic E-state index is 14.0. The molecule has 104 valence electrons. The lowest BCUT2D eigenvalue weighted by atomic mass is 10.1. The highest BCUT2D eigenvalue weighted by molar-refractivity contribution is 5.40. The normalized spacial score (nSPS) is 13.3. The van der Waals surface area contributed by atoms with Crippen molar-refractivity contribution >= 4 is 5.82 Å². The summed E-state index contributed by atoms with van der Waals surface area (Å²) in [6.45, 7) is 4.28. The highest BCUT2D eigenvalue weighted by Gasteiger charge is 2.11. The first-order valence-electron chi connectivity index (χ1n) is 6.82. The third-order valence-corrected chi connectivity index (χ3v) is 3.56. The first kappa shape index (κ1) is 13.0. The Kier molecular flexibility index (Phi) is 3.60. The Labute approximate surface area is 117 Å². The van der Waals surface area contributed by atoms with Crippen LogP contribution in [0.5, 0.6) is 0 Å². The fourth-order valence-electron chi connectivity index (χ4n) is 2.42. The molecule has 2 aromatic rings. The third-order valence-electron chi connectivity index (χ3n) is 3.56. The number of aryl methyl sites for hydroxylation is 1. The summed E-state index contributed by atoms with van der Waals surface area (Å²) in [5.41, 5.74) is 4.24. The van der Waals surface area contributed by atoms with Crippen LogP contribution in [0.1, 0.15) is 29.3 Å². The van der Waals surface area contributed by atoms with E-state index < -0.39 is 0 Å².